The number of anilines is 1. The molecule has 0 radical (unpaired) electrons. The fourth-order valence-electron chi connectivity index (χ4n) is 3.39. The lowest BCUT2D eigenvalue weighted by molar-refractivity contribution is -0.113. The largest absolute Gasteiger partial charge is 0.496 e. The van der Waals surface area contributed by atoms with E-state index in [-0.39, 0.29) is 22.7 Å². The second-order valence-electron chi connectivity index (χ2n) is 7.50. The first-order valence-electron chi connectivity index (χ1n) is 10.9. The maximum atomic E-state index is 13.4. The Kier molecular flexibility index (Phi) is 8.71. The van der Waals surface area contributed by atoms with Crippen LogP contribution in [0.4, 0.5) is 5.69 Å². The van der Waals surface area contributed by atoms with Gasteiger partial charge in [-0.05, 0) is 42.5 Å². The van der Waals surface area contributed by atoms with Gasteiger partial charge < -0.3 is 34.7 Å². The number of benzene rings is 3. The van der Waals surface area contributed by atoms with Crippen LogP contribution < -0.4 is 29.6 Å². The van der Waals surface area contributed by atoms with E-state index in [9.17, 15) is 19.5 Å². The molecule has 3 aromatic carbocycles. The minimum Gasteiger partial charge on any atom is -0.496 e. The number of ether oxygens (including phenoxy) is 4. The molecule has 0 fully saturated rings. The van der Waals surface area contributed by atoms with Gasteiger partial charge in [0.15, 0.2) is 11.5 Å². The number of rotatable bonds is 10. The Morgan fingerprint density at radius 1 is 0.730 bits per heavy atom. The van der Waals surface area contributed by atoms with Crippen LogP contribution in [0.25, 0.3) is 6.08 Å². The maximum absolute atomic E-state index is 13.4. The van der Waals surface area contributed by atoms with Crippen LogP contribution in [0.15, 0.2) is 66.4 Å². The summed E-state index contributed by atoms with van der Waals surface area (Å²) >= 11 is 0. The molecule has 0 unspecified atom stereocenters. The van der Waals surface area contributed by atoms with E-state index in [2.05, 4.69) is 10.6 Å². The van der Waals surface area contributed by atoms with E-state index >= 15 is 0 Å². The molecule has 10 nitrogen and oxygen atoms in total. The Morgan fingerprint density at radius 2 is 1.35 bits per heavy atom. The highest BCUT2D eigenvalue weighted by atomic mass is 16.5. The molecule has 0 aliphatic carbocycles. The molecular weight excluding hydrogens is 480 g/mol. The van der Waals surface area contributed by atoms with Gasteiger partial charge in [0.2, 0.25) is 0 Å². The Labute approximate surface area is 213 Å². The molecule has 0 saturated carbocycles. The second kappa shape index (κ2) is 12.1. The Morgan fingerprint density at radius 3 is 1.95 bits per heavy atom. The number of carbonyl (C=O) groups is 3. The minimum absolute atomic E-state index is 0.0588. The first kappa shape index (κ1) is 26.6. The zero-order valence-electron chi connectivity index (χ0n) is 20.7. The van der Waals surface area contributed by atoms with Crippen LogP contribution in [-0.4, -0.2) is 51.3 Å². The van der Waals surface area contributed by atoms with Crippen molar-refractivity contribution in [3.8, 4) is 23.0 Å². The molecule has 10 heteroatoms. The van der Waals surface area contributed by atoms with Gasteiger partial charge in [-0.2, -0.15) is 0 Å². The smallest absolute Gasteiger partial charge is 0.335 e. The summed E-state index contributed by atoms with van der Waals surface area (Å²) in [7, 11) is 5.77. The van der Waals surface area contributed by atoms with E-state index in [1.54, 1.807) is 42.5 Å². The van der Waals surface area contributed by atoms with Crippen molar-refractivity contribution >= 4 is 29.5 Å². The number of hydrogen-bond donors (Lipinski definition) is 3. The van der Waals surface area contributed by atoms with E-state index < -0.39 is 17.8 Å². The van der Waals surface area contributed by atoms with Crippen LogP contribution in [-0.2, 0) is 4.79 Å². The van der Waals surface area contributed by atoms with E-state index in [4.69, 9.17) is 18.9 Å². The van der Waals surface area contributed by atoms with Gasteiger partial charge in [0.25, 0.3) is 11.8 Å². The van der Waals surface area contributed by atoms with Crippen LogP contribution in [0, 0.1) is 0 Å². The normalized spacial score (nSPS) is 10.8. The van der Waals surface area contributed by atoms with Crippen molar-refractivity contribution in [2.75, 3.05) is 33.8 Å². The first-order valence-corrected chi connectivity index (χ1v) is 10.9. The number of amides is 2. The van der Waals surface area contributed by atoms with Gasteiger partial charge in [0.05, 0.1) is 39.7 Å². The number of carbonyl (C=O) groups excluding carboxylic acids is 2. The average molecular weight is 507 g/mol. The summed E-state index contributed by atoms with van der Waals surface area (Å²) in [5, 5.41) is 14.6. The van der Waals surface area contributed by atoms with Gasteiger partial charge in [-0.25, -0.2) is 4.79 Å². The number of methoxy groups -OCH3 is 4. The van der Waals surface area contributed by atoms with Crippen molar-refractivity contribution in [3.05, 3.63) is 83.1 Å². The summed E-state index contributed by atoms with van der Waals surface area (Å²) in [6, 6.07) is 15.5. The molecule has 0 atom stereocenters. The molecule has 2 amide bonds. The highest BCUT2D eigenvalue weighted by Gasteiger charge is 2.20. The van der Waals surface area contributed by atoms with Crippen LogP contribution in [0.3, 0.4) is 0 Å². The van der Waals surface area contributed by atoms with Gasteiger partial charge in [-0.1, -0.05) is 18.2 Å². The first-order chi connectivity index (χ1) is 17.8. The topological polar surface area (TPSA) is 132 Å². The zero-order chi connectivity index (χ0) is 26.9. The summed E-state index contributed by atoms with van der Waals surface area (Å²) < 4.78 is 21.4. The fourth-order valence-corrected chi connectivity index (χ4v) is 3.39. The summed E-state index contributed by atoms with van der Waals surface area (Å²) in [6.07, 6.45) is 1.41. The Bertz CT molecular complexity index is 1340. The Hall–Kier alpha value is -4.99. The molecule has 3 rings (SSSR count). The van der Waals surface area contributed by atoms with Gasteiger partial charge in [0, 0.05) is 17.2 Å². The van der Waals surface area contributed by atoms with Crippen LogP contribution in [0.2, 0.25) is 0 Å². The van der Waals surface area contributed by atoms with Crippen molar-refractivity contribution in [2.45, 2.75) is 0 Å². The lowest BCUT2D eigenvalue weighted by atomic mass is 10.1. The molecule has 37 heavy (non-hydrogen) atoms. The third-order valence-electron chi connectivity index (χ3n) is 5.26. The van der Waals surface area contributed by atoms with E-state index in [1.165, 1.54) is 52.7 Å². The van der Waals surface area contributed by atoms with Gasteiger partial charge >= 0.3 is 5.97 Å². The molecule has 0 heterocycles. The van der Waals surface area contributed by atoms with Crippen LogP contribution >= 0.6 is 0 Å². The monoisotopic (exact) mass is 506 g/mol. The second-order valence-corrected chi connectivity index (χ2v) is 7.50. The average Bonchev–Trinajstić information content (AvgIpc) is 2.92. The third-order valence-corrected chi connectivity index (χ3v) is 5.26. The number of carboxylic acid groups (broad SMARTS) is 1. The summed E-state index contributed by atoms with van der Waals surface area (Å²) in [4.78, 5) is 37.8. The standard InChI is InChI=1S/C27H26N2O8/c1-34-21-11-10-17(27(32)33)12-19(21)28-26(31)20(29-25(30)16-8-6-5-7-9-16)13-18-14-23(36-3)24(37-4)15-22(18)35-2/h5-15H,1-4H3,(H,28,31)(H,29,30)(H,32,33)/b20-13-. The number of aromatic carboxylic acids is 1. The maximum Gasteiger partial charge on any atom is 0.335 e. The fraction of sp³-hybridized carbons (Fsp3) is 0.148. The molecule has 0 spiro atoms. The van der Waals surface area contributed by atoms with Crippen LogP contribution in [0.1, 0.15) is 26.3 Å². The van der Waals surface area contributed by atoms with Gasteiger partial charge in [0.1, 0.15) is 17.2 Å². The highest BCUT2D eigenvalue weighted by Crippen LogP contribution is 2.36. The summed E-state index contributed by atoms with van der Waals surface area (Å²) in [5.74, 6) is -1.08. The number of hydrogen-bond acceptors (Lipinski definition) is 7. The van der Waals surface area contributed by atoms with E-state index in [0.29, 0.717) is 28.4 Å². The van der Waals surface area contributed by atoms with Crippen molar-refractivity contribution in [1.82, 2.24) is 5.32 Å². The van der Waals surface area contributed by atoms with Crippen molar-refractivity contribution in [1.29, 1.82) is 0 Å². The van der Waals surface area contributed by atoms with Crippen molar-refractivity contribution < 1.29 is 38.4 Å². The molecule has 0 aromatic heterocycles. The molecule has 0 aliphatic rings. The molecular formula is C27H26N2O8. The molecule has 0 bridgehead atoms. The third kappa shape index (κ3) is 6.37. The lowest BCUT2D eigenvalue weighted by Crippen LogP contribution is -2.31. The van der Waals surface area contributed by atoms with Crippen molar-refractivity contribution in [3.63, 3.8) is 0 Å². The quantitative estimate of drug-likeness (QED) is 0.354. The predicted octanol–water partition coefficient (Wildman–Crippen LogP) is 3.83. The van der Waals surface area contributed by atoms with Gasteiger partial charge in [-0.3, -0.25) is 9.59 Å². The summed E-state index contributed by atoms with van der Waals surface area (Å²) in [6.45, 7) is 0. The molecule has 0 saturated heterocycles. The zero-order valence-corrected chi connectivity index (χ0v) is 20.7. The SMILES string of the molecule is COc1cc(OC)c(OC)cc1/C=C(\NC(=O)c1ccccc1)C(=O)Nc1cc(C(=O)O)ccc1OC. The number of nitrogens with one attached hydrogen (secondary N) is 2. The summed E-state index contributed by atoms with van der Waals surface area (Å²) in [5.41, 5.74) is 0.626. The predicted molar refractivity (Wildman–Crippen MR) is 137 cm³/mol. The molecule has 0 aliphatic heterocycles. The van der Waals surface area contributed by atoms with Gasteiger partial charge in [-0.15, -0.1) is 0 Å². The highest BCUT2D eigenvalue weighted by molar-refractivity contribution is 6.11. The molecule has 3 aromatic rings. The lowest BCUT2D eigenvalue weighted by Gasteiger charge is -2.16. The van der Waals surface area contributed by atoms with E-state index in [1.807, 2.05) is 0 Å². The van der Waals surface area contributed by atoms with Crippen molar-refractivity contribution in [2.24, 2.45) is 0 Å². The Balaban J connectivity index is 2.08. The molecule has 192 valence electrons. The van der Waals surface area contributed by atoms with E-state index in [0.717, 1.165) is 0 Å². The molecule has 3 N–H and O–H groups in total. The van der Waals surface area contributed by atoms with Crippen LogP contribution in [0.5, 0.6) is 23.0 Å². The number of carboxylic acids is 1. The minimum atomic E-state index is -1.18.